The maximum atomic E-state index is 13.5. The minimum Gasteiger partial charge on any atom is -0.340 e. The minimum atomic E-state index is -0.282. The van der Waals surface area contributed by atoms with Crippen molar-refractivity contribution in [2.75, 3.05) is 11.9 Å². The Kier molecular flexibility index (Phi) is 5.43. The maximum absolute atomic E-state index is 13.5. The second-order valence-electron chi connectivity index (χ2n) is 8.84. The van der Waals surface area contributed by atoms with E-state index in [0.29, 0.717) is 19.6 Å². The molecule has 0 saturated heterocycles. The molecule has 2 aromatic carbocycles. The number of fused-ring (bicyclic) bond motifs is 1. The topological polar surface area (TPSA) is 76.2 Å². The summed E-state index contributed by atoms with van der Waals surface area (Å²) < 4.78 is 15.7. The van der Waals surface area contributed by atoms with E-state index in [9.17, 15) is 9.18 Å². The third kappa shape index (κ3) is 3.88. The van der Waals surface area contributed by atoms with Crippen LogP contribution >= 0.6 is 0 Å². The van der Waals surface area contributed by atoms with Crippen LogP contribution in [0.15, 0.2) is 48.5 Å². The number of nitrogens with two attached hydrogens (primary N) is 1. The summed E-state index contributed by atoms with van der Waals surface area (Å²) in [5.41, 5.74) is 9.91. The normalized spacial score (nSPS) is 20.3. The average molecular weight is 434 g/mol. The van der Waals surface area contributed by atoms with Gasteiger partial charge in [0.1, 0.15) is 23.2 Å². The van der Waals surface area contributed by atoms with Crippen LogP contribution in [-0.2, 0) is 17.9 Å². The fourth-order valence-corrected chi connectivity index (χ4v) is 4.76. The van der Waals surface area contributed by atoms with Crippen LogP contribution in [0.2, 0.25) is 0 Å². The summed E-state index contributed by atoms with van der Waals surface area (Å²) in [7, 11) is 0. The number of rotatable bonds is 4. The van der Waals surface area contributed by atoms with Gasteiger partial charge in [0.2, 0.25) is 5.91 Å². The number of aromatic nitrogens is 2. The number of hydrogen-bond acceptors (Lipinski definition) is 4. The van der Waals surface area contributed by atoms with E-state index in [0.717, 1.165) is 47.8 Å². The molecule has 2 atom stereocenters. The molecule has 1 aliphatic carbocycles. The lowest BCUT2D eigenvalue weighted by atomic mass is 10.0. The Morgan fingerprint density at radius 2 is 1.84 bits per heavy atom. The van der Waals surface area contributed by atoms with Crippen LogP contribution in [0.25, 0.3) is 11.3 Å². The largest absolute Gasteiger partial charge is 0.340 e. The summed E-state index contributed by atoms with van der Waals surface area (Å²) >= 11 is 0. The molecule has 5 rings (SSSR count). The number of carbonyl (C=O) groups is 1. The maximum Gasteiger partial charge on any atom is 0.227 e. The molecule has 0 unspecified atom stereocenters. The number of imidazole rings is 1. The fourth-order valence-electron chi connectivity index (χ4n) is 4.76. The van der Waals surface area contributed by atoms with Crippen molar-refractivity contribution >= 4 is 17.4 Å². The molecule has 0 bridgehead atoms. The zero-order valence-corrected chi connectivity index (χ0v) is 18.2. The van der Waals surface area contributed by atoms with Gasteiger partial charge in [0.25, 0.3) is 0 Å². The number of halogens is 1. The fraction of sp³-hybridized carbons (Fsp3) is 0.360. The van der Waals surface area contributed by atoms with Gasteiger partial charge in [-0.05, 0) is 56.2 Å². The van der Waals surface area contributed by atoms with E-state index in [2.05, 4.69) is 28.9 Å². The van der Waals surface area contributed by atoms with Crippen molar-refractivity contribution in [3.05, 3.63) is 65.7 Å². The van der Waals surface area contributed by atoms with Gasteiger partial charge in [0.05, 0.1) is 12.5 Å². The van der Waals surface area contributed by atoms with Crippen molar-refractivity contribution in [2.45, 2.75) is 45.3 Å². The van der Waals surface area contributed by atoms with Crippen molar-refractivity contribution < 1.29 is 9.18 Å². The molecule has 1 aliphatic heterocycles. The zero-order chi connectivity index (χ0) is 22.2. The lowest BCUT2D eigenvalue weighted by Crippen LogP contribution is -2.45. The molecule has 1 aromatic heterocycles. The highest BCUT2D eigenvalue weighted by Gasteiger charge is 2.35. The van der Waals surface area contributed by atoms with Gasteiger partial charge in [0.15, 0.2) is 0 Å². The summed E-state index contributed by atoms with van der Waals surface area (Å²) in [5, 5.41) is 3.51. The van der Waals surface area contributed by atoms with Gasteiger partial charge in [-0.15, -0.1) is 0 Å². The Morgan fingerprint density at radius 1 is 1.09 bits per heavy atom. The first-order valence-electron chi connectivity index (χ1n) is 11.2. The Hall–Kier alpha value is -3.19. The van der Waals surface area contributed by atoms with E-state index in [-0.39, 0.29) is 23.7 Å². The molecule has 1 amide bonds. The van der Waals surface area contributed by atoms with Crippen molar-refractivity contribution in [3.8, 4) is 11.3 Å². The van der Waals surface area contributed by atoms with Crippen molar-refractivity contribution in [1.82, 2.24) is 14.5 Å². The van der Waals surface area contributed by atoms with Gasteiger partial charge >= 0.3 is 0 Å². The summed E-state index contributed by atoms with van der Waals surface area (Å²) in [5.74, 6) is 1.46. The second kappa shape index (κ2) is 8.39. The molecule has 2 aliphatic rings. The molecular weight excluding hydrogens is 405 g/mol. The number of aryl methyl sites for hydroxylation is 1. The van der Waals surface area contributed by atoms with Gasteiger partial charge in [0, 0.05) is 30.4 Å². The van der Waals surface area contributed by atoms with Crippen LogP contribution in [0.5, 0.6) is 0 Å². The van der Waals surface area contributed by atoms with E-state index in [1.807, 2.05) is 17.0 Å². The molecule has 0 spiro atoms. The van der Waals surface area contributed by atoms with Crippen LogP contribution in [-0.4, -0.2) is 32.9 Å². The molecular formula is C25H28FN5O. The molecule has 1 fully saturated rings. The van der Waals surface area contributed by atoms with E-state index in [1.54, 1.807) is 12.1 Å². The number of hydrogen-bond donors (Lipinski definition) is 2. The van der Waals surface area contributed by atoms with Gasteiger partial charge in [-0.2, -0.15) is 0 Å². The monoisotopic (exact) mass is 433 g/mol. The number of amides is 1. The number of benzene rings is 2. The molecule has 2 heterocycles. The Morgan fingerprint density at radius 3 is 2.53 bits per heavy atom. The van der Waals surface area contributed by atoms with Crippen LogP contribution in [0.4, 0.5) is 15.9 Å². The molecule has 6 nitrogen and oxygen atoms in total. The van der Waals surface area contributed by atoms with E-state index in [4.69, 9.17) is 10.7 Å². The highest BCUT2D eigenvalue weighted by atomic mass is 19.1. The molecule has 32 heavy (non-hydrogen) atoms. The number of nitrogens with zero attached hydrogens (tertiary/aromatic N) is 3. The smallest absolute Gasteiger partial charge is 0.227 e. The third-order valence-electron chi connectivity index (χ3n) is 6.60. The summed E-state index contributed by atoms with van der Waals surface area (Å²) in [6.07, 6.45) is 2.80. The SMILES string of the molecule is Cc1ccc(Nc2c(-c3ccc(F)cc3)nc3n2CCN(C(=O)[C@H]2CCC[C@H]2N)C3)cc1. The van der Waals surface area contributed by atoms with Gasteiger partial charge in [-0.25, -0.2) is 9.37 Å². The van der Waals surface area contributed by atoms with Crippen molar-refractivity contribution in [2.24, 2.45) is 11.7 Å². The number of nitrogens with one attached hydrogen (secondary N) is 1. The highest BCUT2D eigenvalue weighted by molar-refractivity contribution is 5.81. The van der Waals surface area contributed by atoms with E-state index < -0.39 is 0 Å². The third-order valence-corrected chi connectivity index (χ3v) is 6.60. The molecule has 7 heteroatoms. The standard InChI is InChI=1S/C25H28FN5O/c1-16-5-11-19(12-6-16)28-24-23(17-7-9-18(26)10-8-17)29-22-15-30(13-14-31(22)24)25(32)20-3-2-4-21(20)27/h5-12,20-21,28H,2-4,13-15,27H2,1H3/t20-,21+/m0/s1. The van der Waals surface area contributed by atoms with Crippen LogP contribution in [0.1, 0.15) is 30.7 Å². The van der Waals surface area contributed by atoms with Crippen molar-refractivity contribution in [1.29, 1.82) is 0 Å². The highest BCUT2D eigenvalue weighted by Crippen LogP contribution is 2.34. The van der Waals surface area contributed by atoms with Crippen LogP contribution in [0.3, 0.4) is 0 Å². The predicted molar refractivity (Wildman–Crippen MR) is 123 cm³/mol. The average Bonchev–Trinajstić information content (AvgIpc) is 3.38. The Labute approximate surface area is 187 Å². The lowest BCUT2D eigenvalue weighted by molar-refractivity contribution is -0.137. The molecule has 166 valence electrons. The van der Waals surface area contributed by atoms with Gasteiger partial charge in [-0.1, -0.05) is 24.1 Å². The summed E-state index contributed by atoms with van der Waals surface area (Å²) in [4.78, 5) is 19.9. The second-order valence-corrected chi connectivity index (χ2v) is 8.84. The zero-order valence-electron chi connectivity index (χ0n) is 18.2. The predicted octanol–water partition coefficient (Wildman–Crippen LogP) is 4.21. The molecule has 3 N–H and O–H groups in total. The first kappa shape index (κ1) is 20.7. The van der Waals surface area contributed by atoms with Crippen molar-refractivity contribution in [3.63, 3.8) is 0 Å². The summed E-state index contributed by atoms with van der Waals surface area (Å²) in [6, 6.07) is 14.5. The minimum absolute atomic E-state index is 0.0438. The van der Waals surface area contributed by atoms with E-state index >= 15 is 0 Å². The molecule has 0 radical (unpaired) electrons. The first-order valence-corrected chi connectivity index (χ1v) is 11.2. The van der Waals surface area contributed by atoms with Crippen LogP contribution in [0, 0.1) is 18.7 Å². The quantitative estimate of drug-likeness (QED) is 0.646. The van der Waals surface area contributed by atoms with E-state index in [1.165, 1.54) is 17.7 Å². The number of anilines is 2. The molecule has 3 aromatic rings. The Balaban J connectivity index is 1.49. The lowest BCUT2D eigenvalue weighted by Gasteiger charge is -2.31. The van der Waals surface area contributed by atoms with Gasteiger partial charge in [-0.3, -0.25) is 4.79 Å². The first-order chi connectivity index (χ1) is 15.5. The summed E-state index contributed by atoms with van der Waals surface area (Å²) in [6.45, 7) is 3.77. The Bertz CT molecular complexity index is 1120. The van der Waals surface area contributed by atoms with Gasteiger partial charge < -0.3 is 20.5 Å². The molecule has 1 saturated carbocycles. The van der Waals surface area contributed by atoms with Crippen LogP contribution < -0.4 is 11.1 Å². The number of carbonyl (C=O) groups excluding carboxylic acids is 1.